The van der Waals surface area contributed by atoms with Crippen LogP contribution in [0.15, 0.2) is 35.7 Å². The van der Waals surface area contributed by atoms with Gasteiger partial charge in [-0.2, -0.15) is 4.31 Å². The summed E-state index contributed by atoms with van der Waals surface area (Å²) in [6.07, 6.45) is 8.26. The summed E-state index contributed by atoms with van der Waals surface area (Å²) >= 11 is 6.22. The Morgan fingerprint density at radius 1 is 1.18 bits per heavy atom. The van der Waals surface area contributed by atoms with Crippen molar-refractivity contribution in [2.24, 2.45) is 7.05 Å². The summed E-state index contributed by atoms with van der Waals surface area (Å²) in [6.45, 7) is 2.48. The molecule has 0 spiro atoms. The summed E-state index contributed by atoms with van der Waals surface area (Å²) in [4.78, 5) is 19.3. The Balaban J connectivity index is 1.45. The fraction of sp³-hybridized carbons (Fsp3) is 0.545. The van der Waals surface area contributed by atoms with E-state index in [-0.39, 0.29) is 16.5 Å². The zero-order valence-electron chi connectivity index (χ0n) is 18.8. The fourth-order valence-electron chi connectivity index (χ4n) is 4.99. The first-order valence-electron chi connectivity index (χ1n) is 11.3. The lowest BCUT2D eigenvalue weighted by Gasteiger charge is -2.49. The summed E-state index contributed by atoms with van der Waals surface area (Å²) in [6, 6.07) is 5.04. The maximum Gasteiger partial charge on any atom is 0.262 e. The van der Waals surface area contributed by atoms with Crippen LogP contribution in [0.1, 0.15) is 42.5 Å². The maximum atomic E-state index is 12.9. The minimum Gasteiger partial charge on any atom is -0.398 e. The zero-order valence-corrected chi connectivity index (χ0v) is 20.4. The third-order valence-electron chi connectivity index (χ3n) is 6.83. The predicted octanol–water partition coefficient (Wildman–Crippen LogP) is 2.09. The molecule has 0 bridgehead atoms. The maximum absolute atomic E-state index is 12.9. The van der Waals surface area contributed by atoms with Crippen molar-refractivity contribution in [3.8, 4) is 0 Å². The summed E-state index contributed by atoms with van der Waals surface area (Å²) < 4.78 is 29.0. The molecule has 1 saturated carbocycles. The summed E-state index contributed by atoms with van der Waals surface area (Å²) in [5.41, 5.74) is 6.44. The van der Waals surface area contributed by atoms with Crippen LogP contribution in [0.3, 0.4) is 0 Å². The lowest BCUT2D eigenvalue weighted by Crippen LogP contribution is -2.62. The molecule has 1 amide bonds. The average Bonchev–Trinajstić information content (AvgIpc) is 3.25. The number of amides is 1. The van der Waals surface area contributed by atoms with Gasteiger partial charge in [0.05, 0.1) is 16.9 Å². The first-order chi connectivity index (χ1) is 15.7. The predicted molar refractivity (Wildman–Crippen MR) is 128 cm³/mol. The van der Waals surface area contributed by atoms with Crippen molar-refractivity contribution in [2.45, 2.75) is 42.7 Å². The van der Waals surface area contributed by atoms with Crippen molar-refractivity contribution in [3.05, 3.63) is 41.3 Å². The van der Waals surface area contributed by atoms with E-state index in [0.29, 0.717) is 49.0 Å². The number of aryl methyl sites for hydroxylation is 1. The molecule has 9 nitrogen and oxygen atoms in total. The molecule has 11 heteroatoms. The number of hydrogen-bond donors (Lipinski definition) is 2. The quantitative estimate of drug-likeness (QED) is 0.594. The number of aromatic nitrogens is 2. The van der Waals surface area contributed by atoms with E-state index in [2.05, 4.69) is 15.2 Å². The molecule has 1 aliphatic heterocycles. The van der Waals surface area contributed by atoms with E-state index in [1.807, 2.05) is 0 Å². The molecular formula is C22H31ClN6O3S. The standard InChI is InChI=1S/C22H31ClN6O3S/c1-27-14-19(26-16-27)33(31,32)29-12-10-28(11-13-29)22(8-3-2-4-9-22)15-25-21(30)20-17(23)6-5-7-18(20)24/h5-7,14,16H,2-4,8-13,15,24H2,1H3,(H,25,30). The van der Waals surface area contributed by atoms with Gasteiger partial charge in [-0.25, -0.2) is 13.4 Å². The Hall–Kier alpha value is -2.14. The molecule has 0 radical (unpaired) electrons. The number of nitrogens with two attached hydrogens (primary N) is 1. The third-order valence-corrected chi connectivity index (χ3v) is 8.93. The average molecular weight is 495 g/mol. The molecule has 0 atom stereocenters. The Kier molecular flexibility index (Phi) is 6.99. The first-order valence-corrected chi connectivity index (χ1v) is 13.1. The number of benzene rings is 1. The molecule has 1 aromatic heterocycles. The number of carbonyl (C=O) groups excluding carboxylic acids is 1. The van der Waals surface area contributed by atoms with Crippen LogP contribution >= 0.6 is 11.6 Å². The number of nitrogens with zero attached hydrogens (tertiary/aromatic N) is 4. The molecule has 2 aliphatic rings. The highest BCUT2D eigenvalue weighted by molar-refractivity contribution is 7.89. The van der Waals surface area contributed by atoms with Gasteiger partial charge < -0.3 is 15.6 Å². The number of rotatable bonds is 6. The number of piperazine rings is 1. The van der Waals surface area contributed by atoms with Crippen LogP contribution < -0.4 is 11.1 Å². The Labute approximate surface area is 199 Å². The van der Waals surface area contributed by atoms with Gasteiger partial charge in [0.25, 0.3) is 15.9 Å². The molecule has 1 saturated heterocycles. The molecule has 2 heterocycles. The molecule has 0 unspecified atom stereocenters. The van der Waals surface area contributed by atoms with E-state index in [9.17, 15) is 13.2 Å². The molecule has 1 aliphatic carbocycles. The van der Waals surface area contributed by atoms with Gasteiger partial charge in [-0.05, 0) is 25.0 Å². The molecule has 180 valence electrons. The highest BCUT2D eigenvalue weighted by atomic mass is 35.5. The van der Waals surface area contributed by atoms with Crippen molar-refractivity contribution >= 4 is 33.2 Å². The Morgan fingerprint density at radius 3 is 2.48 bits per heavy atom. The highest BCUT2D eigenvalue weighted by Gasteiger charge is 2.41. The van der Waals surface area contributed by atoms with Crippen molar-refractivity contribution in [1.82, 2.24) is 24.1 Å². The molecular weight excluding hydrogens is 464 g/mol. The number of halogens is 1. The lowest BCUT2D eigenvalue weighted by atomic mass is 9.79. The van der Waals surface area contributed by atoms with E-state index in [1.54, 1.807) is 29.8 Å². The zero-order chi connectivity index (χ0) is 23.6. The second-order valence-corrected chi connectivity index (χ2v) is 11.2. The summed E-state index contributed by atoms with van der Waals surface area (Å²) in [7, 11) is -1.86. The van der Waals surface area contributed by atoms with Gasteiger partial charge in [0, 0.05) is 57.2 Å². The number of anilines is 1. The first kappa shape index (κ1) is 24.0. The van der Waals surface area contributed by atoms with Gasteiger partial charge in [-0.3, -0.25) is 9.69 Å². The van der Waals surface area contributed by atoms with Crippen molar-refractivity contribution in [1.29, 1.82) is 0 Å². The van der Waals surface area contributed by atoms with E-state index >= 15 is 0 Å². The van der Waals surface area contributed by atoms with Gasteiger partial charge in [-0.15, -0.1) is 0 Å². The van der Waals surface area contributed by atoms with Crippen LogP contribution in [0.2, 0.25) is 5.02 Å². The van der Waals surface area contributed by atoms with Gasteiger partial charge >= 0.3 is 0 Å². The van der Waals surface area contributed by atoms with Crippen molar-refractivity contribution in [3.63, 3.8) is 0 Å². The van der Waals surface area contributed by atoms with Crippen LogP contribution in [0.25, 0.3) is 0 Å². The molecule has 4 rings (SSSR count). The topological polar surface area (TPSA) is 114 Å². The summed E-state index contributed by atoms with van der Waals surface area (Å²) in [5, 5.41) is 3.48. The van der Waals surface area contributed by atoms with E-state index in [4.69, 9.17) is 17.3 Å². The molecule has 33 heavy (non-hydrogen) atoms. The minimum absolute atomic E-state index is 0.0791. The summed E-state index contributed by atoms with van der Waals surface area (Å²) in [5.74, 6) is -0.278. The SMILES string of the molecule is Cn1cnc(S(=O)(=O)N2CCN(C3(CNC(=O)c4c(N)cccc4Cl)CCCCC3)CC2)c1. The number of nitrogens with one attached hydrogen (secondary N) is 1. The van der Waals surface area contributed by atoms with Gasteiger partial charge in [0.1, 0.15) is 0 Å². The van der Waals surface area contributed by atoms with Crippen molar-refractivity contribution < 1.29 is 13.2 Å². The molecule has 2 aromatic rings. The van der Waals surface area contributed by atoms with Crippen LogP contribution in [-0.4, -0.2) is 71.3 Å². The normalized spacial score (nSPS) is 19.9. The molecule has 3 N–H and O–H groups in total. The lowest BCUT2D eigenvalue weighted by molar-refractivity contribution is 0.0240. The third kappa shape index (κ3) is 4.89. The number of sulfonamides is 1. The number of carbonyl (C=O) groups is 1. The van der Waals surface area contributed by atoms with Gasteiger partial charge in [0.2, 0.25) is 0 Å². The highest BCUT2D eigenvalue weighted by Crippen LogP contribution is 2.35. The minimum atomic E-state index is -3.61. The molecule has 1 aromatic carbocycles. The van der Waals surface area contributed by atoms with E-state index in [1.165, 1.54) is 23.3 Å². The van der Waals surface area contributed by atoms with Crippen LogP contribution in [0.4, 0.5) is 5.69 Å². The van der Waals surface area contributed by atoms with Gasteiger partial charge in [0.15, 0.2) is 5.03 Å². The smallest absolute Gasteiger partial charge is 0.262 e. The fourth-order valence-corrected chi connectivity index (χ4v) is 6.64. The largest absolute Gasteiger partial charge is 0.398 e. The van der Waals surface area contributed by atoms with E-state index in [0.717, 1.165) is 25.7 Å². The number of nitrogen functional groups attached to an aromatic ring is 1. The monoisotopic (exact) mass is 494 g/mol. The van der Waals surface area contributed by atoms with Crippen molar-refractivity contribution in [2.75, 3.05) is 38.5 Å². The molecule has 2 fully saturated rings. The van der Waals surface area contributed by atoms with Gasteiger partial charge in [-0.1, -0.05) is 36.9 Å². The Morgan fingerprint density at radius 2 is 1.88 bits per heavy atom. The number of imidazole rings is 1. The van der Waals surface area contributed by atoms with E-state index < -0.39 is 10.0 Å². The second-order valence-electron chi connectivity index (χ2n) is 8.94. The number of hydrogen-bond acceptors (Lipinski definition) is 6. The second kappa shape index (κ2) is 9.61. The Bertz CT molecular complexity index is 1080. The van der Waals surface area contributed by atoms with Crippen LogP contribution in [0, 0.1) is 0 Å². The van der Waals surface area contributed by atoms with Crippen LogP contribution in [-0.2, 0) is 17.1 Å². The van der Waals surface area contributed by atoms with Crippen LogP contribution in [0.5, 0.6) is 0 Å².